The normalized spacial score (nSPS) is 17.6. The maximum Gasteiger partial charge on any atom is 0.416 e. The van der Waals surface area contributed by atoms with Gasteiger partial charge in [-0.15, -0.1) is 0 Å². The molecule has 3 aromatic carbocycles. The van der Waals surface area contributed by atoms with Gasteiger partial charge in [-0.2, -0.15) is 13.2 Å². The molecule has 204 valence electrons. The first-order chi connectivity index (χ1) is 18.8. The van der Waals surface area contributed by atoms with Gasteiger partial charge in [-0.05, 0) is 49.4 Å². The van der Waals surface area contributed by atoms with E-state index < -0.39 is 17.6 Å². The number of para-hydroxylation sites is 1. The molecule has 2 aliphatic heterocycles. The van der Waals surface area contributed by atoms with Crippen molar-refractivity contribution < 1.29 is 22.7 Å². The van der Waals surface area contributed by atoms with Gasteiger partial charge in [0.2, 0.25) is 0 Å². The van der Waals surface area contributed by atoms with Crippen LogP contribution in [0.3, 0.4) is 0 Å². The minimum absolute atomic E-state index is 0.0676. The number of alkyl halides is 3. The summed E-state index contributed by atoms with van der Waals surface area (Å²) in [5, 5.41) is 0. The van der Waals surface area contributed by atoms with Crippen molar-refractivity contribution in [3.05, 3.63) is 83.9 Å². The highest BCUT2D eigenvalue weighted by atomic mass is 19.4. The van der Waals surface area contributed by atoms with E-state index >= 15 is 0 Å². The van der Waals surface area contributed by atoms with Gasteiger partial charge in [-0.25, -0.2) is 4.99 Å². The molecule has 0 N–H and O–H groups in total. The number of hydrogen-bond donors (Lipinski definition) is 0. The third-order valence-corrected chi connectivity index (χ3v) is 7.10. The van der Waals surface area contributed by atoms with E-state index in [0.717, 1.165) is 57.8 Å². The van der Waals surface area contributed by atoms with E-state index in [2.05, 4.69) is 21.7 Å². The predicted octanol–water partition coefficient (Wildman–Crippen LogP) is 5.91. The van der Waals surface area contributed by atoms with E-state index in [9.17, 15) is 18.0 Å². The number of anilines is 2. The Hall–Kier alpha value is -3.69. The average Bonchev–Trinajstić information content (AvgIpc) is 3.22. The summed E-state index contributed by atoms with van der Waals surface area (Å²) in [6.07, 6.45) is -3.60. The zero-order chi connectivity index (χ0) is 27.4. The molecule has 0 radical (unpaired) electrons. The van der Waals surface area contributed by atoms with E-state index in [1.165, 1.54) is 17.0 Å². The lowest BCUT2D eigenvalue weighted by Gasteiger charge is -2.33. The molecular formula is C30H31F3N4O2. The van der Waals surface area contributed by atoms with Crippen LogP contribution in [-0.4, -0.2) is 67.3 Å². The zero-order valence-electron chi connectivity index (χ0n) is 21.8. The molecule has 0 saturated carbocycles. The maximum absolute atomic E-state index is 13.6. The lowest BCUT2D eigenvalue weighted by atomic mass is 10.1. The molecule has 39 heavy (non-hydrogen) atoms. The number of aliphatic imine (C=N–C) groups is 1. The van der Waals surface area contributed by atoms with Crippen molar-refractivity contribution in [3.63, 3.8) is 0 Å². The summed E-state index contributed by atoms with van der Waals surface area (Å²) in [6.45, 7) is 9.17. The molecule has 0 aromatic heterocycles. The molecule has 0 spiro atoms. The minimum atomic E-state index is -4.50. The number of ether oxygens (including phenoxy) is 1. The molecule has 0 unspecified atom stereocenters. The Morgan fingerprint density at radius 3 is 2.41 bits per heavy atom. The SMILES string of the molecule is CCN1CCN(CCCOc2cccc(N3C(=O)C(=Nc4cccc(C(F)(F)F)c4)c4ccccc43)c2)CC1. The number of rotatable bonds is 8. The van der Waals surface area contributed by atoms with Gasteiger partial charge >= 0.3 is 6.18 Å². The van der Waals surface area contributed by atoms with Crippen LogP contribution in [0.4, 0.5) is 30.2 Å². The van der Waals surface area contributed by atoms with Gasteiger partial charge in [0, 0.05) is 44.4 Å². The van der Waals surface area contributed by atoms with Crippen LogP contribution in [0.1, 0.15) is 24.5 Å². The van der Waals surface area contributed by atoms with Gasteiger partial charge in [0.05, 0.1) is 29.2 Å². The molecule has 0 bridgehead atoms. The first-order valence-electron chi connectivity index (χ1n) is 13.2. The Morgan fingerprint density at radius 2 is 1.64 bits per heavy atom. The van der Waals surface area contributed by atoms with Gasteiger partial charge in [0.15, 0.2) is 0 Å². The van der Waals surface area contributed by atoms with Crippen molar-refractivity contribution in [2.45, 2.75) is 19.5 Å². The number of fused-ring (bicyclic) bond motifs is 1. The summed E-state index contributed by atoms with van der Waals surface area (Å²) in [4.78, 5) is 24.4. The molecule has 1 saturated heterocycles. The van der Waals surface area contributed by atoms with E-state index in [4.69, 9.17) is 4.74 Å². The monoisotopic (exact) mass is 536 g/mol. The number of nitrogens with zero attached hydrogens (tertiary/aromatic N) is 4. The van der Waals surface area contributed by atoms with Crippen molar-refractivity contribution in [1.82, 2.24) is 9.80 Å². The number of likely N-dealkylation sites (N-methyl/N-ethyl adjacent to an activating group) is 1. The molecule has 9 heteroatoms. The number of carbonyl (C=O) groups is 1. The summed E-state index contributed by atoms with van der Waals surface area (Å²) in [5.74, 6) is 0.244. The average molecular weight is 537 g/mol. The van der Waals surface area contributed by atoms with E-state index in [1.54, 1.807) is 18.2 Å². The van der Waals surface area contributed by atoms with Crippen molar-refractivity contribution in [3.8, 4) is 5.75 Å². The second kappa shape index (κ2) is 11.6. The molecule has 0 aliphatic carbocycles. The minimum Gasteiger partial charge on any atom is -0.493 e. The first-order valence-corrected chi connectivity index (χ1v) is 13.2. The molecule has 0 atom stereocenters. The Bertz CT molecular complexity index is 1350. The van der Waals surface area contributed by atoms with Crippen molar-refractivity contribution >= 4 is 28.7 Å². The van der Waals surface area contributed by atoms with Gasteiger partial charge in [-0.3, -0.25) is 9.69 Å². The van der Waals surface area contributed by atoms with Crippen molar-refractivity contribution in [2.24, 2.45) is 4.99 Å². The van der Waals surface area contributed by atoms with Crippen molar-refractivity contribution in [1.29, 1.82) is 0 Å². The maximum atomic E-state index is 13.6. The molecule has 5 rings (SSSR count). The van der Waals surface area contributed by atoms with Gasteiger partial charge < -0.3 is 14.5 Å². The largest absolute Gasteiger partial charge is 0.493 e. The lowest BCUT2D eigenvalue weighted by molar-refractivity contribution is -0.137. The molecule has 1 amide bonds. The van der Waals surface area contributed by atoms with Gasteiger partial charge in [0.25, 0.3) is 5.91 Å². The lowest BCUT2D eigenvalue weighted by Crippen LogP contribution is -2.46. The predicted molar refractivity (Wildman–Crippen MR) is 146 cm³/mol. The van der Waals surface area contributed by atoms with Crippen LogP contribution in [0.5, 0.6) is 5.75 Å². The standard InChI is InChI=1S/C30H31F3N4O2/c1-2-35-15-17-36(18-16-35)14-7-19-39-25-11-6-10-24(21-25)37-27-13-4-3-12-26(27)28(29(37)38)34-23-9-5-8-22(20-23)30(31,32)33/h3-6,8-13,20-21H,2,7,14-19H2,1H3. The number of benzene rings is 3. The van der Waals surface area contributed by atoms with E-state index in [1.807, 2.05) is 30.3 Å². The Balaban J connectivity index is 1.30. The smallest absolute Gasteiger partial charge is 0.416 e. The highest BCUT2D eigenvalue weighted by Crippen LogP contribution is 2.38. The quantitative estimate of drug-likeness (QED) is 0.336. The third-order valence-electron chi connectivity index (χ3n) is 7.10. The number of carbonyl (C=O) groups excluding carboxylic acids is 1. The van der Waals surface area contributed by atoms with Crippen LogP contribution in [0.2, 0.25) is 0 Å². The molecule has 1 fully saturated rings. The molecule has 2 aliphatic rings. The highest BCUT2D eigenvalue weighted by molar-refractivity contribution is 6.56. The van der Waals surface area contributed by atoms with Gasteiger partial charge in [0.1, 0.15) is 11.5 Å². The highest BCUT2D eigenvalue weighted by Gasteiger charge is 2.35. The van der Waals surface area contributed by atoms with Crippen LogP contribution in [-0.2, 0) is 11.0 Å². The summed E-state index contributed by atoms with van der Waals surface area (Å²) in [5.41, 5.74) is 1.14. The Morgan fingerprint density at radius 1 is 0.897 bits per heavy atom. The van der Waals surface area contributed by atoms with Crippen LogP contribution in [0, 0.1) is 0 Å². The summed E-state index contributed by atoms with van der Waals surface area (Å²) >= 11 is 0. The van der Waals surface area contributed by atoms with Crippen molar-refractivity contribution in [2.75, 3.05) is 50.8 Å². The van der Waals surface area contributed by atoms with Crippen LogP contribution in [0.15, 0.2) is 77.8 Å². The molecule has 6 nitrogen and oxygen atoms in total. The fraction of sp³-hybridized carbons (Fsp3) is 0.333. The van der Waals surface area contributed by atoms with Crippen LogP contribution >= 0.6 is 0 Å². The Kier molecular flexibility index (Phi) is 7.99. The second-order valence-corrected chi connectivity index (χ2v) is 9.64. The van der Waals surface area contributed by atoms with Crippen LogP contribution in [0.25, 0.3) is 0 Å². The van der Waals surface area contributed by atoms with E-state index in [0.29, 0.717) is 29.3 Å². The third kappa shape index (κ3) is 6.15. The Labute approximate surface area is 226 Å². The molecule has 3 aromatic rings. The number of halogens is 3. The number of piperazine rings is 1. The van der Waals surface area contributed by atoms with E-state index in [-0.39, 0.29) is 11.4 Å². The fourth-order valence-electron chi connectivity index (χ4n) is 4.96. The first kappa shape index (κ1) is 26.9. The topological polar surface area (TPSA) is 48.4 Å². The summed E-state index contributed by atoms with van der Waals surface area (Å²) in [7, 11) is 0. The van der Waals surface area contributed by atoms with Gasteiger partial charge in [-0.1, -0.05) is 37.3 Å². The number of hydrogen-bond acceptors (Lipinski definition) is 5. The van der Waals surface area contributed by atoms with Crippen LogP contribution < -0.4 is 9.64 Å². The molecular weight excluding hydrogens is 505 g/mol. The number of amides is 1. The summed E-state index contributed by atoms with van der Waals surface area (Å²) < 4.78 is 45.7. The molecule has 2 heterocycles. The fourth-order valence-corrected chi connectivity index (χ4v) is 4.96. The zero-order valence-corrected chi connectivity index (χ0v) is 21.8. The second-order valence-electron chi connectivity index (χ2n) is 9.64. The summed E-state index contributed by atoms with van der Waals surface area (Å²) in [6, 6.07) is 19.1.